The monoisotopic (exact) mass is 301 g/mol. The van der Waals surface area contributed by atoms with Crippen molar-refractivity contribution in [3.63, 3.8) is 0 Å². The molecule has 1 unspecified atom stereocenters. The first kappa shape index (κ1) is 14.4. The molecule has 0 amide bonds. The molecule has 0 radical (unpaired) electrons. The Bertz CT molecular complexity index is 347. The van der Waals surface area contributed by atoms with E-state index in [1.165, 1.54) is 0 Å². The summed E-state index contributed by atoms with van der Waals surface area (Å²) in [6.07, 6.45) is 3.67. The van der Waals surface area contributed by atoms with Crippen LogP contribution in [0.4, 0.5) is 5.82 Å². The second-order valence-corrected chi connectivity index (χ2v) is 4.97. The average Bonchev–Trinajstić information content (AvgIpc) is 2.26. The molecule has 0 saturated carbocycles. The van der Waals surface area contributed by atoms with Gasteiger partial charge >= 0.3 is 0 Å². The van der Waals surface area contributed by atoms with Gasteiger partial charge in [-0.25, -0.2) is 9.97 Å². The van der Waals surface area contributed by atoms with E-state index in [9.17, 15) is 0 Å². The highest BCUT2D eigenvalue weighted by molar-refractivity contribution is 9.10. The van der Waals surface area contributed by atoms with Crippen LogP contribution in [0.15, 0.2) is 10.7 Å². The van der Waals surface area contributed by atoms with Gasteiger partial charge in [-0.15, -0.1) is 0 Å². The summed E-state index contributed by atoms with van der Waals surface area (Å²) in [6.45, 7) is 4.44. The van der Waals surface area contributed by atoms with Crippen LogP contribution < -0.4 is 5.32 Å². The summed E-state index contributed by atoms with van der Waals surface area (Å²) >= 11 is 3.39. The Hall–Kier alpha value is -0.680. The maximum Gasteiger partial charge on any atom is 0.132 e. The molecule has 0 saturated heterocycles. The van der Waals surface area contributed by atoms with Crippen LogP contribution in [0.25, 0.3) is 0 Å². The summed E-state index contributed by atoms with van der Waals surface area (Å²) in [5.41, 5.74) is 0. The van der Waals surface area contributed by atoms with Crippen molar-refractivity contribution in [3.8, 4) is 0 Å². The number of rotatable bonds is 7. The Morgan fingerprint density at radius 1 is 1.47 bits per heavy atom. The minimum Gasteiger partial charge on any atom is -0.396 e. The summed E-state index contributed by atoms with van der Waals surface area (Å²) in [4.78, 5) is 8.78. The molecule has 96 valence electrons. The number of nitrogens with zero attached hydrogens (tertiary/aromatic N) is 2. The smallest absolute Gasteiger partial charge is 0.132 e. The van der Waals surface area contributed by atoms with Gasteiger partial charge in [0.1, 0.15) is 16.2 Å². The highest BCUT2D eigenvalue weighted by atomic mass is 79.9. The van der Waals surface area contributed by atoms with E-state index < -0.39 is 0 Å². The molecule has 17 heavy (non-hydrogen) atoms. The van der Waals surface area contributed by atoms with E-state index in [-0.39, 0.29) is 6.61 Å². The van der Waals surface area contributed by atoms with Gasteiger partial charge < -0.3 is 10.4 Å². The summed E-state index contributed by atoms with van der Waals surface area (Å²) in [7, 11) is 0. The van der Waals surface area contributed by atoms with Gasteiger partial charge in [-0.1, -0.05) is 6.92 Å². The second-order valence-electron chi connectivity index (χ2n) is 4.15. The fraction of sp³-hybridized carbons (Fsp3) is 0.667. The number of aliphatic hydroxyl groups is 1. The topological polar surface area (TPSA) is 58.0 Å². The van der Waals surface area contributed by atoms with E-state index in [1.54, 1.807) is 0 Å². The molecule has 0 aromatic carbocycles. The fourth-order valence-electron chi connectivity index (χ4n) is 1.60. The van der Waals surface area contributed by atoms with Gasteiger partial charge in [0.15, 0.2) is 0 Å². The van der Waals surface area contributed by atoms with E-state index in [2.05, 4.69) is 45.1 Å². The molecule has 1 atom stereocenters. The molecular weight excluding hydrogens is 282 g/mol. The number of aromatic nitrogens is 2. The number of anilines is 1. The zero-order valence-corrected chi connectivity index (χ0v) is 12.0. The van der Waals surface area contributed by atoms with Gasteiger partial charge in [0.25, 0.3) is 0 Å². The van der Waals surface area contributed by atoms with Crippen molar-refractivity contribution in [2.45, 2.75) is 45.6 Å². The molecule has 0 aliphatic heterocycles. The number of hydrogen-bond acceptors (Lipinski definition) is 4. The third kappa shape index (κ3) is 5.46. The third-order valence-electron chi connectivity index (χ3n) is 2.40. The predicted molar refractivity (Wildman–Crippen MR) is 73.1 cm³/mol. The molecule has 1 aromatic heterocycles. The number of aliphatic hydroxyl groups excluding tert-OH is 1. The first-order valence-electron chi connectivity index (χ1n) is 6.06. The lowest BCUT2D eigenvalue weighted by Crippen LogP contribution is -2.17. The van der Waals surface area contributed by atoms with Crippen LogP contribution >= 0.6 is 15.9 Å². The van der Waals surface area contributed by atoms with E-state index in [4.69, 9.17) is 5.11 Å². The van der Waals surface area contributed by atoms with Crippen LogP contribution in [0.2, 0.25) is 0 Å². The largest absolute Gasteiger partial charge is 0.396 e. The van der Waals surface area contributed by atoms with Gasteiger partial charge in [0.05, 0.1) is 0 Å². The summed E-state index contributed by atoms with van der Waals surface area (Å²) in [5.74, 6) is 1.71. The Morgan fingerprint density at radius 2 is 2.24 bits per heavy atom. The molecule has 0 aliphatic rings. The zero-order valence-electron chi connectivity index (χ0n) is 10.4. The Balaban J connectivity index is 2.63. The summed E-state index contributed by atoms with van der Waals surface area (Å²) < 4.78 is 0.813. The van der Waals surface area contributed by atoms with Gasteiger partial charge in [0, 0.05) is 25.1 Å². The summed E-state index contributed by atoms with van der Waals surface area (Å²) in [5, 5.41) is 12.1. The highest BCUT2D eigenvalue weighted by Gasteiger charge is 2.06. The third-order valence-corrected chi connectivity index (χ3v) is 2.81. The highest BCUT2D eigenvalue weighted by Crippen LogP contribution is 2.15. The average molecular weight is 302 g/mol. The minimum absolute atomic E-state index is 0.237. The lowest BCUT2D eigenvalue weighted by atomic mass is 10.2. The van der Waals surface area contributed by atoms with Crippen molar-refractivity contribution < 1.29 is 5.11 Å². The van der Waals surface area contributed by atoms with Crippen molar-refractivity contribution in [2.24, 2.45) is 0 Å². The molecule has 5 heteroatoms. The van der Waals surface area contributed by atoms with Crippen molar-refractivity contribution in [1.82, 2.24) is 9.97 Å². The first-order chi connectivity index (χ1) is 8.15. The molecule has 0 bridgehead atoms. The quantitative estimate of drug-likeness (QED) is 0.760. The lowest BCUT2D eigenvalue weighted by Gasteiger charge is -2.14. The van der Waals surface area contributed by atoms with Gasteiger partial charge in [-0.2, -0.15) is 0 Å². The minimum atomic E-state index is 0.237. The number of aryl methyl sites for hydroxylation is 1. The number of nitrogens with one attached hydrogen (secondary N) is 1. The number of halogens is 1. The van der Waals surface area contributed by atoms with E-state index >= 15 is 0 Å². The SMILES string of the molecule is CCCc1nc(Br)cc(NC(C)CCCO)n1. The Kier molecular flexibility index (Phi) is 6.44. The van der Waals surface area contributed by atoms with Crippen LogP contribution in [0, 0.1) is 0 Å². The molecular formula is C12H20BrN3O. The van der Waals surface area contributed by atoms with Crippen LogP contribution in [-0.2, 0) is 6.42 Å². The standard InChI is InChI=1S/C12H20BrN3O/c1-3-5-11-15-10(13)8-12(16-11)14-9(2)6-4-7-17/h8-9,17H,3-7H2,1-2H3,(H,14,15,16). The number of hydrogen-bond donors (Lipinski definition) is 2. The van der Waals surface area contributed by atoms with Gasteiger partial charge in [0.2, 0.25) is 0 Å². The molecule has 0 spiro atoms. The summed E-state index contributed by atoms with van der Waals surface area (Å²) in [6, 6.07) is 2.19. The van der Waals surface area contributed by atoms with E-state index in [1.807, 2.05) is 6.07 Å². The first-order valence-corrected chi connectivity index (χ1v) is 6.85. The Morgan fingerprint density at radius 3 is 2.88 bits per heavy atom. The van der Waals surface area contributed by atoms with Crippen LogP contribution in [-0.4, -0.2) is 27.7 Å². The maximum absolute atomic E-state index is 8.78. The molecule has 4 nitrogen and oxygen atoms in total. The fourth-order valence-corrected chi connectivity index (χ4v) is 2.02. The van der Waals surface area contributed by atoms with E-state index in [0.717, 1.165) is 41.9 Å². The van der Waals surface area contributed by atoms with Gasteiger partial charge in [-0.05, 0) is 42.1 Å². The molecule has 0 aliphatic carbocycles. The van der Waals surface area contributed by atoms with Gasteiger partial charge in [-0.3, -0.25) is 0 Å². The predicted octanol–water partition coefficient (Wildman–Crippen LogP) is 2.76. The zero-order chi connectivity index (χ0) is 12.7. The molecule has 1 rings (SSSR count). The molecule has 2 N–H and O–H groups in total. The van der Waals surface area contributed by atoms with Crippen molar-refractivity contribution >= 4 is 21.7 Å². The second kappa shape index (κ2) is 7.61. The van der Waals surface area contributed by atoms with Crippen LogP contribution in [0.1, 0.15) is 38.9 Å². The van der Waals surface area contributed by atoms with Crippen LogP contribution in [0.3, 0.4) is 0 Å². The van der Waals surface area contributed by atoms with Crippen molar-refractivity contribution in [2.75, 3.05) is 11.9 Å². The molecule has 0 fully saturated rings. The van der Waals surface area contributed by atoms with Crippen LogP contribution in [0.5, 0.6) is 0 Å². The lowest BCUT2D eigenvalue weighted by molar-refractivity contribution is 0.282. The Labute approximate surface area is 111 Å². The maximum atomic E-state index is 8.78. The van der Waals surface area contributed by atoms with E-state index in [0.29, 0.717) is 6.04 Å². The van der Waals surface area contributed by atoms with Crippen molar-refractivity contribution in [3.05, 3.63) is 16.5 Å². The normalized spacial score (nSPS) is 12.5. The molecule has 1 heterocycles. The molecule has 1 aromatic rings. The van der Waals surface area contributed by atoms with Crippen molar-refractivity contribution in [1.29, 1.82) is 0 Å².